The van der Waals surface area contributed by atoms with Crippen LogP contribution >= 0.6 is 0 Å². The van der Waals surface area contributed by atoms with Gasteiger partial charge in [0.05, 0.1) is 7.11 Å². The third kappa shape index (κ3) is 4.84. The summed E-state index contributed by atoms with van der Waals surface area (Å²) in [5, 5.41) is 17.0. The molecule has 4 nitrogen and oxygen atoms in total. The Morgan fingerprint density at radius 2 is 2.33 bits per heavy atom. The van der Waals surface area contributed by atoms with E-state index in [-0.39, 0.29) is 0 Å². The number of hydrogen-bond donors (Lipinski definition) is 2. The van der Waals surface area contributed by atoms with Crippen LogP contribution in [-0.2, 0) is 4.74 Å². The molecule has 0 saturated heterocycles. The van der Waals surface area contributed by atoms with E-state index in [4.69, 9.17) is 9.94 Å². The van der Waals surface area contributed by atoms with Crippen LogP contribution in [0, 0.1) is 5.21 Å². The van der Waals surface area contributed by atoms with Crippen LogP contribution < -0.4 is 5.23 Å². The van der Waals surface area contributed by atoms with Gasteiger partial charge in [0.15, 0.2) is 12.4 Å². The monoisotopic (exact) mass is 177 g/mol. The van der Waals surface area contributed by atoms with Crippen molar-refractivity contribution in [2.75, 3.05) is 13.7 Å². The summed E-state index contributed by atoms with van der Waals surface area (Å²) < 4.78 is 17.3. The SMILES string of the molecule is C/C=C(\C=C(\F)C[NH+]([O-])O)OC. The van der Waals surface area contributed by atoms with Crippen molar-refractivity contribution in [1.29, 1.82) is 0 Å². The van der Waals surface area contributed by atoms with E-state index < -0.39 is 17.6 Å². The molecule has 0 aliphatic rings. The molecule has 0 rings (SSSR count). The van der Waals surface area contributed by atoms with Crippen molar-refractivity contribution in [3.05, 3.63) is 28.9 Å². The number of nitrogens with one attached hydrogen (secondary N) is 1. The van der Waals surface area contributed by atoms with Crippen LogP contribution in [0.3, 0.4) is 0 Å². The maximum atomic E-state index is 12.6. The number of rotatable bonds is 4. The first-order chi connectivity index (χ1) is 5.60. The summed E-state index contributed by atoms with van der Waals surface area (Å²) in [6, 6.07) is 0. The molecule has 0 aromatic carbocycles. The van der Waals surface area contributed by atoms with E-state index in [1.165, 1.54) is 7.11 Å². The van der Waals surface area contributed by atoms with Gasteiger partial charge in [0.2, 0.25) is 0 Å². The average molecular weight is 177 g/mol. The van der Waals surface area contributed by atoms with Crippen LogP contribution in [0.2, 0.25) is 0 Å². The number of allylic oxidation sites excluding steroid dienone is 2. The van der Waals surface area contributed by atoms with Gasteiger partial charge in [-0.1, -0.05) is 0 Å². The number of methoxy groups -OCH3 is 1. The molecule has 0 aromatic rings. The highest BCUT2D eigenvalue weighted by Crippen LogP contribution is 2.02. The van der Waals surface area contributed by atoms with E-state index in [1.54, 1.807) is 13.0 Å². The summed E-state index contributed by atoms with van der Waals surface area (Å²) >= 11 is 0. The largest absolute Gasteiger partial charge is 0.600 e. The summed E-state index contributed by atoms with van der Waals surface area (Å²) in [6.45, 7) is 1.06. The molecule has 0 spiro atoms. The van der Waals surface area contributed by atoms with Gasteiger partial charge < -0.3 is 9.94 Å². The molecule has 0 aliphatic heterocycles. The van der Waals surface area contributed by atoms with Crippen molar-refractivity contribution in [2.24, 2.45) is 0 Å². The lowest BCUT2D eigenvalue weighted by Crippen LogP contribution is -3.04. The second kappa shape index (κ2) is 5.70. The molecule has 0 fully saturated rings. The third-order valence-electron chi connectivity index (χ3n) is 1.14. The smallest absolute Gasteiger partial charge is 0.161 e. The fourth-order valence-corrected chi connectivity index (χ4v) is 0.610. The van der Waals surface area contributed by atoms with Crippen molar-refractivity contribution >= 4 is 0 Å². The van der Waals surface area contributed by atoms with Crippen molar-refractivity contribution in [2.45, 2.75) is 6.92 Å². The molecular formula is C7H12FNO3. The summed E-state index contributed by atoms with van der Waals surface area (Å²) in [5.41, 5.74) is 0. The zero-order chi connectivity index (χ0) is 9.56. The topological polar surface area (TPSA) is 57.0 Å². The minimum absolute atomic E-state index is 0.314. The zero-order valence-electron chi connectivity index (χ0n) is 7.00. The van der Waals surface area contributed by atoms with Crippen LogP contribution in [0.15, 0.2) is 23.7 Å². The lowest BCUT2D eigenvalue weighted by molar-refractivity contribution is -1.04. The lowest BCUT2D eigenvalue weighted by atomic mass is 10.4. The minimum Gasteiger partial charge on any atom is -0.600 e. The molecule has 1 unspecified atom stereocenters. The molecule has 1 atom stereocenters. The second-order valence-electron chi connectivity index (χ2n) is 2.06. The Hall–Kier alpha value is -0.910. The molecule has 5 heteroatoms. The fraction of sp³-hybridized carbons (Fsp3) is 0.429. The highest BCUT2D eigenvalue weighted by molar-refractivity contribution is 5.14. The normalized spacial score (nSPS) is 16.1. The molecule has 0 amide bonds. The van der Waals surface area contributed by atoms with E-state index in [2.05, 4.69) is 0 Å². The first-order valence-corrected chi connectivity index (χ1v) is 3.38. The van der Waals surface area contributed by atoms with Crippen molar-refractivity contribution in [3.63, 3.8) is 0 Å². The zero-order valence-corrected chi connectivity index (χ0v) is 7.00. The number of hydrogen-bond acceptors (Lipinski definition) is 3. The Bertz CT molecular complexity index is 189. The van der Waals surface area contributed by atoms with E-state index in [1.807, 2.05) is 0 Å². The highest BCUT2D eigenvalue weighted by Gasteiger charge is 2.00. The highest BCUT2D eigenvalue weighted by atomic mass is 19.1. The molecule has 70 valence electrons. The van der Waals surface area contributed by atoms with E-state index in [9.17, 15) is 9.60 Å². The third-order valence-corrected chi connectivity index (χ3v) is 1.14. The Kier molecular flexibility index (Phi) is 5.27. The van der Waals surface area contributed by atoms with Crippen LogP contribution in [0.4, 0.5) is 4.39 Å². The Labute approximate surface area is 70.1 Å². The van der Waals surface area contributed by atoms with Gasteiger partial charge in [-0.05, 0) is 13.0 Å². The van der Waals surface area contributed by atoms with E-state index in [0.717, 1.165) is 6.08 Å². The Morgan fingerprint density at radius 1 is 1.75 bits per heavy atom. The van der Waals surface area contributed by atoms with Gasteiger partial charge in [0.1, 0.15) is 5.76 Å². The van der Waals surface area contributed by atoms with Gasteiger partial charge in [-0.25, -0.2) is 14.8 Å². The van der Waals surface area contributed by atoms with Gasteiger partial charge in [0, 0.05) is 6.08 Å². The first-order valence-electron chi connectivity index (χ1n) is 3.38. The summed E-state index contributed by atoms with van der Waals surface area (Å²) in [7, 11) is 1.39. The van der Waals surface area contributed by atoms with E-state index in [0.29, 0.717) is 5.76 Å². The molecule has 0 aliphatic carbocycles. The Balaban J connectivity index is 4.14. The Morgan fingerprint density at radius 3 is 2.67 bits per heavy atom. The van der Waals surface area contributed by atoms with Gasteiger partial charge in [-0.2, -0.15) is 0 Å². The molecule has 0 bridgehead atoms. The molecule has 0 heterocycles. The van der Waals surface area contributed by atoms with Gasteiger partial charge in [-0.15, -0.1) is 0 Å². The predicted octanol–water partition coefficient (Wildman–Crippen LogP) is 0.162. The molecule has 0 radical (unpaired) electrons. The number of ether oxygens (including phenoxy) is 1. The van der Waals surface area contributed by atoms with E-state index >= 15 is 0 Å². The standard InChI is InChI=1S/C7H12FNO3/c1-3-7(12-2)4-6(8)5-9(10)11/h3-4,9-10H,5H2,1-2H3/b6-4+,7-3+. The van der Waals surface area contributed by atoms with Gasteiger partial charge >= 0.3 is 0 Å². The number of quaternary nitrogens is 1. The number of hydroxylamine groups is 2. The van der Waals surface area contributed by atoms with Crippen molar-refractivity contribution in [1.82, 2.24) is 0 Å². The lowest BCUT2D eigenvalue weighted by Gasteiger charge is -2.10. The minimum atomic E-state index is -1.20. The fourth-order valence-electron chi connectivity index (χ4n) is 0.610. The average Bonchev–Trinajstić information content (AvgIpc) is 1.98. The molecule has 12 heavy (non-hydrogen) atoms. The van der Waals surface area contributed by atoms with Gasteiger partial charge in [-0.3, -0.25) is 0 Å². The van der Waals surface area contributed by atoms with Crippen LogP contribution in [-0.4, -0.2) is 18.9 Å². The molecule has 0 aromatic heterocycles. The van der Waals surface area contributed by atoms with Crippen LogP contribution in [0.1, 0.15) is 6.92 Å². The molecular weight excluding hydrogens is 165 g/mol. The summed E-state index contributed by atoms with van der Waals surface area (Å²) in [5.74, 6) is -0.411. The van der Waals surface area contributed by atoms with Crippen LogP contribution in [0.5, 0.6) is 0 Å². The van der Waals surface area contributed by atoms with Crippen LogP contribution in [0.25, 0.3) is 0 Å². The predicted molar refractivity (Wildman–Crippen MR) is 40.9 cm³/mol. The molecule has 0 saturated carbocycles. The maximum Gasteiger partial charge on any atom is 0.161 e. The first kappa shape index (κ1) is 11.1. The quantitative estimate of drug-likeness (QED) is 0.365. The summed E-state index contributed by atoms with van der Waals surface area (Å²) in [6.07, 6.45) is 2.59. The molecule has 2 N–H and O–H groups in total. The van der Waals surface area contributed by atoms with Crippen molar-refractivity contribution < 1.29 is 19.6 Å². The van der Waals surface area contributed by atoms with Crippen molar-refractivity contribution in [3.8, 4) is 0 Å². The second-order valence-corrected chi connectivity index (χ2v) is 2.06. The summed E-state index contributed by atoms with van der Waals surface area (Å²) in [4.78, 5) is 0. The maximum absolute atomic E-state index is 12.6. The van der Waals surface area contributed by atoms with Gasteiger partial charge in [0.25, 0.3) is 0 Å². The number of halogens is 1.